The van der Waals surface area contributed by atoms with Crippen molar-refractivity contribution in [2.75, 3.05) is 0 Å². The lowest BCUT2D eigenvalue weighted by molar-refractivity contribution is 0.0955. The van der Waals surface area contributed by atoms with Gasteiger partial charge in [0.05, 0.1) is 11.2 Å². The van der Waals surface area contributed by atoms with Gasteiger partial charge in [-0.15, -0.1) is 0 Å². The van der Waals surface area contributed by atoms with Gasteiger partial charge in [-0.1, -0.05) is 41.9 Å². The van der Waals surface area contributed by atoms with Crippen LogP contribution in [0.3, 0.4) is 0 Å². The average Bonchev–Trinajstić information content (AvgIpc) is 3.04. The van der Waals surface area contributed by atoms with Gasteiger partial charge in [-0.25, -0.2) is 5.43 Å². The maximum absolute atomic E-state index is 11.8. The summed E-state index contributed by atoms with van der Waals surface area (Å²) in [6, 6.07) is 19.8. The Morgan fingerprint density at radius 1 is 1.00 bits per heavy atom. The summed E-state index contributed by atoms with van der Waals surface area (Å²) in [4.78, 5) is 11.8. The number of benzene rings is 2. The van der Waals surface area contributed by atoms with Gasteiger partial charge in [0.2, 0.25) is 0 Å². The summed E-state index contributed by atoms with van der Waals surface area (Å²) in [6.45, 7) is 0. The first-order valence-electron chi connectivity index (χ1n) is 6.97. The highest BCUT2D eigenvalue weighted by atomic mass is 35.5. The number of nitrogens with zero attached hydrogens (tertiary/aromatic N) is 1. The van der Waals surface area contributed by atoms with Gasteiger partial charge < -0.3 is 4.42 Å². The number of halogens is 1. The minimum absolute atomic E-state index is 0.278. The Morgan fingerprint density at radius 2 is 1.74 bits per heavy atom. The molecule has 114 valence electrons. The lowest BCUT2D eigenvalue weighted by Gasteiger charge is -1.99. The first kappa shape index (κ1) is 15.1. The minimum Gasteiger partial charge on any atom is -0.455 e. The number of hydrogen-bond donors (Lipinski definition) is 1. The second kappa shape index (κ2) is 6.94. The summed E-state index contributed by atoms with van der Waals surface area (Å²) in [5.41, 5.74) is 3.80. The summed E-state index contributed by atoms with van der Waals surface area (Å²) in [6.07, 6.45) is 1.45. The molecule has 0 bridgehead atoms. The zero-order chi connectivity index (χ0) is 16.1. The van der Waals surface area contributed by atoms with E-state index in [4.69, 9.17) is 16.0 Å². The Kier molecular flexibility index (Phi) is 4.54. The summed E-state index contributed by atoms with van der Waals surface area (Å²) >= 11 is 6.13. The standard InChI is InChI=1S/C18H13ClN2O2/c19-16-9-5-4-8-15(16)17-11-10-14(23-17)12-20-21-18(22)13-6-2-1-3-7-13/h1-12H,(H,21,22). The molecule has 1 aromatic heterocycles. The molecule has 0 unspecified atom stereocenters. The third-order valence-corrected chi connectivity index (χ3v) is 3.49. The second-order valence-corrected chi connectivity index (χ2v) is 5.15. The van der Waals surface area contributed by atoms with Crippen molar-refractivity contribution in [1.82, 2.24) is 5.43 Å². The van der Waals surface area contributed by atoms with E-state index in [1.807, 2.05) is 30.3 Å². The highest BCUT2D eigenvalue weighted by molar-refractivity contribution is 6.33. The van der Waals surface area contributed by atoms with Gasteiger partial charge in [-0.2, -0.15) is 5.10 Å². The van der Waals surface area contributed by atoms with E-state index in [0.717, 1.165) is 5.56 Å². The van der Waals surface area contributed by atoms with E-state index in [9.17, 15) is 4.79 Å². The SMILES string of the molecule is O=C(NN=Cc1ccc(-c2ccccc2Cl)o1)c1ccccc1. The Balaban J connectivity index is 1.68. The molecular weight excluding hydrogens is 312 g/mol. The number of nitrogens with one attached hydrogen (secondary N) is 1. The van der Waals surface area contributed by atoms with E-state index >= 15 is 0 Å². The van der Waals surface area contributed by atoms with E-state index in [2.05, 4.69) is 10.5 Å². The van der Waals surface area contributed by atoms with Crippen LogP contribution in [0.5, 0.6) is 0 Å². The molecule has 0 aliphatic carbocycles. The molecule has 23 heavy (non-hydrogen) atoms. The lowest BCUT2D eigenvalue weighted by Crippen LogP contribution is -2.17. The van der Waals surface area contributed by atoms with Crippen LogP contribution in [-0.2, 0) is 0 Å². The molecular formula is C18H13ClN2O2. The number of amides is 1. The van der Waals surface area contributed by atoms with Gasteiger partial charge in [-0.05, 0) is 36.4 Å². The van der Waals surface area contributed by atoms with Crippen molar-refractivity contribution in [3.63, 3.8) is 0 Å². The molecule has 3 aromatic rings. The van der Waals surface area contributed by atoms with Crippen molar-refractivity contribution in [3.8, 4) is 11.3 Å². The first-order chi connectivity index (χ1) is 11.2. The Morgan fingerprint density at radius 3 is 2.52 bits per heavy atom. The molecule has 5 heteroatoms. The van der Waals surface area contributed by atoms with Gasteiger partial charge in [0, 0.05) is 11.1 Å². The van der Waals surface area contributed by atoms with Gasteiger partial charge >= 0.3 is 0 Å². The molecule has 3 rings (SSSR count). The fourth-order valence-electron chi connectivity index (χ4n) is 2.04. The number of carbonyl (C=O) groups excluding carboxylic acids is 1. The molecule has 0 aliphatic heterocycles. The normalized spacial score (nSPS) is 10.8. The van der Waals surface area contributed by atoms with Crippen LogP contribution in [0.15, 0.2) is 76.2 Å². The maximum Gasteiger partial charge on any atom is 0.271 e. The molecule has 1 amide bonds. The van der Waals surface area contributed by atoms with Gasteiger partial charge in [-0.3, -0.25) is 4.79 Å². The quantitative estimate of drug-likeness (QED) is 0.572. The van der Waals surface area contributed by atoms with Crippen LogP contribution in [0.1, 0.15) is 16.1 Å². The van der Waals surface area contributed by atoms with E-state index in [1.54, 1.807) is 36.4 Å². The average molecular weight is 325 g/mol. The second-order valence-electron chi connectivity index (χ2n) is 4.75. The topological polar surface area (TPSA) is 54.6 Å². The number of furan rings is 1. The van der Waals surface area contributed by atoms with Crippen molar-refractivity contribution in [3.05, 3.63) is 83.1 Å². The zero-order valence-corrected chi connectivity index (χ0v) is 12.8. The molecule has 1 N–H and O–H groups in total. The van der Waals surface area contributed by atoms with Crippen LogP contribution in [-0.4, -0.2) is 12.1 Å². The van der Waals surface area contributed by atoms with E-state index in [-0.39, 0.29) is 5.91 Å². The van der Waals surface area contributed by atoms with Crippen molar-refractivity contribution in [1.29, 1.82) is 0 Å². The Hall–Kier alpha value is -2.85. The molecule has 0 saturated carbocycles. The molecule has 0 spiro atoms. The lowest BCUT2D eigenvalue weighted by atomic mass is 10.2. The van der Waals surface area contributed by atoms with Crippen LogP contribution < -0.4 is 5.43 Å². The number of rotatable bonds is 4. The molecule has 0 saturated heterocycles. The number of hydrogen-bond acceptors (Lipinski definition) is 3. The highest BCUT2D eigenvalue weighted by Gasteiger charge is 2.07. The monoisotopic (exact) mass is 324 g/mol. The smallest absolute Gasteiger partial charge is 0.271 e. The summed E-state index contributed by atoms with van der Waals surface area (Å²) in [5, 5.41) is 4.51. The minimum atomic E-state index is -0.278. The van der Waals surface area contributed by atoms with Crippen LogP contribution in [0.2, 0.25) is 5.02 Å². The first-order valence-corrected chi connectivity index (χ1v) is 7.35. The third-order valence-electron chi connectivity index (χ3n) is 3.16. The molecule has 0 atom stereocenters. The predicted molar refractivity (Wildman–Crippen MR) is 90.7 cm³/mol. The molecule has 4 nitrogen and oxygen atoms in total. The predicted octanol–water partition coefficient (Wildman–Crippen LogP) is 4.36. The van der Waals surface area contributed by atoms with Gasteiger partial charge in [0.15, 0.2) is 0 Å². The van der Waals surface area contributed by atoms with Gasteiger partial charge in [0.1, 0.15) is 11.5 Å². The van der Waals surface area contributed by atoms with Crippen LogP contribution in [0.4, 0.5) is 0 Å². The fourth-order valence-corrected chi connectivity index (χ4v) is 2.27. The maximum atomic E-state index is 11.8. The van der Waals surface area contributed by atoms with Crippen molar-refractivity contribution in [2.45, 2.75) is 0 Å². The van der Waals surface area contributed by atoms with E-state index in [1.165, 1.54) is 6.21 Å². The van der Waals surface area contributed by atoms with Crippen LogP contribution in [0.25, 0.3) is 11.3 Å². The summed E-state index contributed by atoms with van der Waals surface area (Å²) < 4.78 is 5.65. The fraction of sp³-hybridized carbons (Fsp3) is 0. The highest BCUT2D eigenvalue weighted by Crippen LogP contribution is 2.28. The van der Waals surface area contributed by atoms with E-state index < -0.39 is 0 Å². The van der Waals surface area contributed by atoms with Crippen LogP contribution in [0, 0.1) is 0 Å². The van der Waals surface area contributed by atoms with Crippen molar-refractivity contribution in [2.24, 2.45) is 5.10 Å². The van der Waals surface area contributed by atoms with Crippen molar-refractivity contribution >= 4 is 23.7 Å². The van der Waals surface area contributed by atoms with Gasteiger partial charge in [0.25, 0.3) is 5.91 Å². The third kappa shape index (κ3) is 3.67. The summed E-state index contributed by atoms with van der Waals surface area (Å²) in [7, 11) is 0. The zero-order valence-electron chi connectivity index (χ0n) is 12.1. The molecule has 0 radical (unpaired) electrons. The molecule has 2 aromatic carbocycles. The molecule has 0 aliphatic rings. The Labute approximate surface area is 138 Å². The molecule has 0 fully saturated rings. The van der Waals surface area contributed by atoms with Crippen LogP contribution >= 0.6 is 11.6 Å². The number of carbonyl (C=O) groups is 1. The van der Waals surface area contributed by atoms with E-state index in [0.29, 0.717) is 22.1 Å². The molecule has 1 heterocycles. The Bertz CT molecular complexity index is 841. The number of hydrazone groups is 1. The largest absolute Gasteiger partial charge is 0.455 e. The van der Waals surface area contributed by atoms with Crippen molar-refractivity contribution < 1.29 is 9.21 Å². The summed E-state index contributed by atoms with van der Waals surface area (Å²) in [5.74, 6) is 0.888.